The number of phenolic OH excluding ortho intramolecular Hbond substituents is 1. The minimum absolute atomic E-state index is 0.00266. The Labute approximate surface area is 234 Å². The summed E-state index contributed by atoms with van der Waals surface area (Å²) in [5, 5.41) is 23.4. The molecule has 0 fully saturated rings. The number of nitrogens with one attached hydrogen (secondary N) is 1. The van der Waals surface area contributed by atoms with Crippen molar-refractivity contribution in [3.8, 4) is 28.6 Å². The van der Waals surface area contributed by atoms with Gasteiger partial charge in [0.25, 0.3) is 5.91 Å². The Morgan fingerprint density at radius 1 is 1.13 bits per heavy atom. The Hall–Kier alpha value is -3.63. The molecule has 0 aliphatic carbocycles. The first-order valence-corrected chi connectivity index (χ1v) is 13.6. The summed E-state index contributed by atoms with van der Waals surface area (Å²) in [4.78, 5) is 12.5. The molecule has 1 aromatic heterocycles. The standard InChI is InChI=1S/C28H28BrN5O3S/c1-28(2,3)20-12-10-19(11-13-20)26-32-33-27(34(26)21-8-6-5-7-9-21)38-17-24(35)31-30-16-18-14-22(29)25(36)23(15-18)37-4/h5-16,36H,17H2,1-4H3,(H,31,35)/b30-16+. The highest BCUT2D eigenvalue weighted by molar-refractivity contribution is 9.10. The minimum atomic E-state index is -0.297. The first-order chi connectivity index (χ1) is 18.2. The van der Waals surface area contributed by atoms with E-state index < -0.39 is 0 Å². The average Bonchev–Trinajstić information content (AvgIpc) is 3.33. The predicted molar refractivity (Wildman–Crippen MR) is 154 cm³/mol. The second kappa shape index (κ2) is 11.8. The molecule has 0 aliphatic rings. The quantitative estimate of drug-likeness (QED) is 0.149. The number of methoxy groups -OCH3 is 1. The smallest absolute Gasteiger partial charge is 0.250 e. The van der Waals surface area contributed by atoms with E-state index in [0.29, 0.717) is 26.8 Å². The number of hydrazone groups is 1. The lowest BCUT2D eigenvalue weighted by molar-refractivity contribution is -0.118. The number of para-hydroxylation sites is 1. The molecule has 2 N–H and O–H groups in total. The van der Waals surface area contributed by atoms with Crippen LogP contribution in [-0.2, 0) is 10.2 Å². The van der Waals surface area contributed by atoms with Crippen molar-refractivity contribution in [2.24, 2.45) is 5.10 Å². The van der Waals surface area contributed by atoms with Crippen LogP contribution in [0, 0.1) is 0 Å². The van der Waals surface area contributed by atoms with Crippen molar-refractivity contribution in [1.29, 1.82) is 0 Å². The van der Waals surface area contributed by atoms with Crippen LogP contribution in [0.25, 0.3) is 17.1 Å². The largest absolute Gasteiger partial charge is 0.503 e. The van der Waals surface area contributed by atoms with Crippen molar-refractivity contribution in [3.05, 3.63) is 82.3 Å². The highest BCUT2D eigenvalue weighted by Crippen LogP contribution is 2.35. The van der Waals surface area contributed by atoms with Crippen molar-refractivity contribution in [2.75, 3.05) is 12.9 Å². The number of carbonyl (C=O) groups is 1. The van der Waals surface area contributed by atoms with Crippen LogP contribution < -0.4 is 10.2 Å². The number of phenols is 1. The second-order valence-electron chi connectivity index (χ2n) is 9.44. The number of amides is 1. The molecule has 0 saturated carbocycles. The summed E-state index contributed by atoms with van der Waals surface area (Å²) in [7, 11) is 1.46. The van der Waals surface area contributed by atoms with Crippen molar-refractivity contribution in [2.45, 2.75) is 31.3 Å². The van der Waals surface area contributed by atoms with Crippen LogP contribution in [0.3, 0.4) is 0 Å². The van der Waals surface area contributed by atoms with Gasteiger partial charge in [0.15, 0.2) is 22.5 Å². The van der Waals surface area contributed by atoms with Crippen molar-refractivity contribution >= 4 is 39.8 Å². The number of benzene rings is 3. The molecule has 38 heavy (non-hydrogen) atoms. The van der Waals surface area contributed by atoms with Crippen LogP contribution in [0.4, 0.5) is 0 Å². The number of nitrogens with zero attached hydrogens (tertiary/aromatic N) is 4. The molecule has 0 radical (unpaired) electrons. The van der Waals surface area contributed by atoms with E-state index in [1.807, 2.05) is 34.9 Å². The van der Waals surface area contributed by atoms with E-state index in [1.165, 1.54) is 30.6 Å². The van der Waals surface area contributed by atoms with E-state index in [9.17, 15) is 9.90 Å². The van der Waals surface area contributed by atoms with Crippen LogP contribution in [-0.4, -0.2) is 44.9 Å². The molecular weight excluding hydrogens is 566 g/mol. The number of carbonyl (C=O) groups excluding carboxylic acids is 1. The fourth-order valence-corrected chi connectivity index (χ4v) is 4.85. The second-order valence-corrected chi connectivity index (χ2v) is 11.2. The van der Waals surface area contributed by atoms with E-state index >= 15 is 0 Å². The third-order valence-electron chi connectivity index (χ3n) is 5.66. The number of hydrogen-bond acceptors (Lipinski definition) is 7. The number of thioether (sulfide) groups is 1. The van der Waals surface area contributed by atoms with Gasteiger partial charge in [0.05, 0.1) is 23.5 Å². The minimum Gasteiger partial charge on any atom is -0.503 e. The molecule has 0 bridgehead atoms. The summed E-state index contributed by atoms with van der Waals surface area (Å²) in [5.74, 6) is 0.788. The van der Waals surface area contributed by atoms with Gasteiger partial charge < -0.3 is 9.84 Å². The lowest BCUT2D eigenvalue weighted by Crippen LogP contribution is -2.20. The van der Waals surface area contributed by atoms with E-state index in [2.05, 4.69) is 81.7 Å². The van der Waals surface area contributed by atoms with Gasteiger partial charge in [0, 0.05) is 11.3 Å². The molecule has 0 atom stereocenters. The van der Waals surface area contributed by atoms with Crippen LogP contribution in [0.1, 0.15) is 31.9 Å². The molecule has 1 heterocycles. The lowest BCUT2D eigenvalue weighted by Gasteiger charge is -2.19. The van der Waals surface area contributed by atoms with Gasteiger partial charge in [0.2, 0.25) is 0 Å². The Bertz CT molecular complexity index is 1450. The van der Waals surface area contributed by atoms with Crippen molar-refractivity contribution < 1.29 is 14.6 Å². The number of ether oxygens (including phenoxy) is 1. The maximum absolute atomic E-state index is 12.5. The number of halogens is 1. The third kappa shape index (κ3) is 6.43. The highest BCUT2D eigenvalue weighted by Gasteiger charge is 2.19. The Balaban J connectivity index is 1.50. The van der Waals surface area contributed by atoms with Crippen LogP contribution in [0.5, 0.6) is 11.5 Å². The fourth-order valence-electron chi connectivity index (χ4n) is 3.64. The van der Waals surface area contributed by atoms with Gasteiger partial charge in [-0.05, 0) is 56.7 Å². The number of rotatable bonds is 8. The maximum Gasteiger partial charge on any atom is 0.250 e. The van der Waals surface area contributed by atoms with Crippen LogP contribution in [0.15, 0.2) is 81.5 Å². The van der Waals surface area contributed by atoms with Crippen molar-refractivity contribution in [3.63, 3.8) is 0 Å². The molecular formula is C28H28BrN5O3S. The topological polar surface area (TPSA) is 102 Å². The zero-order chi connectivity index (χ0) is 27.3. The Morgan fingerprint density at radius 2 is 1.84 bits per heavy atom. The van der Waals surface area contributed by atoms with Gasteiger partial charge in [0.1, 0.15) is 0 Å². The molecule has 196 valence electrons. The zero-order valence-electron chi connectivity index (χ0n) is 21.5. The summed E-state index contributed by atoms with van der Waals surface area (Å²) in [6.07, 6.45) is 1.47. The molecule has 3 aromatic carbocycles. The van der Waals surface area contributed by atoms with E-state index in [0.717, 1.165) is 11.3 Å². The molecule has 0 unspecified atom stereocenters. The molecule has 10 heteroatoms. The van der Waals surface area contributed by atoms with E-state index in [1.54, 1.807) is 12.1 Å². The van der Waals surface area contributed by atoms with Gasteiger partial charge in [-0.25, -0.2) is 5.43 Å². The molecule has 0 saturated heterocycles. The molecule has 4 rings (SSSR count). The molecule has 0 aliphatic heterocycles. The van der Waals surface area contributed by atoms with Gasteiger partial charge in [-0.3, -0.25) is 9.36 Å². The first kappa shape index (κ1) is 27.4. The van der Waals surface area contributed by atoms with Crippen LogP contribution in [0.2, 0.25) is 0 Å². The number of aromatic nitrogens is 3. The summed E-state index contributed by atoms with van der Waals surface area (Å²) < 4.78 is 7.55. The average molecular weight is 595 g/mol. The summed E-state index contributed by atoms with van der Waals surface area (Å²) in [5.41, 5.74) is 6.29. The maximum atomic E-state index is 12.5. The summed E-state index contributed by atoms with van der Waals surface area (Å²) in [6.45, 7) is 6.54. The SMILES string of the molecule is COc1cc(/C=N/NC(=O)CSc2nnc(-c3ccc(C(C)(C)C)cc3)n2-c2ccccc2)cc(Br)c1O. The summed E-state index contributed by atoms with van der Waals surface area (Å²) >= 11 is 4.54. The summed E-state index contributed by atoms with van der Waals surface area (Å²) in [6, 6.07) is 21.4. The first-order valence-electron chi connectivity index (χ1n) is 11.8. The van der Waals surface area contributed by atoms with Gasteiger partial charge in [-0.15, -0.1) is 10.2 Å². The Morgan fingerprint density at radius 3 is 2.50 bits per heavy atom. The van der Waals surface area contributed by atoms with Crippen molar-refractivity contribution in [1.82, 2.24) is 20.2 Å². The number of hydrogen-bond donors (Lipinski definition) is 2. The highest BCUT2D eigenvalue weighted by atomic mass is 79.9. The molecule has 4 aromatic rings. The molecule has 8 nitrogen and oxygen atoms in total. The predicted octanol–water partition coefficient (Wildman–Crippen LogP) is 5.95. The van der Waals surface area contributed by atoms with Crippen LogP contribution >= 0.6 is 27.7 Å². The monoisotopic (exact) mass is 593 g/mol. The van der Waals surface area contributed by atoms with Gasteiger partial charge in [-0.1, -0.05) is 75.0 Å². The molecule has 1 amide bonds. The van der Waals surface area contributed by atoms with Gasteiger partial charge in [-0.2, -0.15) is 5.10 Å². The number of aromatic hydroxyl groups is 1. The zero-order valence-corrected chi connectivity index (χ0v) is 23.9. The Kier molecular flexibility index (Phi) is 8.53. The normalized spacial score (nSPS) is 11.6. The molecule has 0 spiro atoms. The fraction of sp³-hybridized carbons (Fsp3) is 0.214. The lowest BCUT2D eigenvalue weighted by atomic mass is 9.87. The van der Waals surface area contributed by atoms with E-state index in [-0.39, 0.29) is 22.8 Å². The third-order valence-corrected chi connectivity index (χ3v) is 7.20. The van der Waals surface area contributed by atoms with Gasteiger partial charge >= 0.3 is 0 Å². The van der Waals surface area contributed by atoms with E-state index in [4.69, 9.17) is 4.74 Å².